The summed E-state index contributed by atoms with van der Waals surface area (Å²) in [6.45, 7) is 7.87. The summed E-state index contributed by atoms with van der Waals surface area (Å²) < 4.78 is 37.8. The molecule has 0 aliphatic rings. The molecule has 0 aliphatic carbocycles. The number of aryl methyl sites for hydroxylation is 1. The lowest BCUT2D eigenvalue weighted by atomic mass is 10.1. The second kappa shape index (κ2) is 6.65. The zero-order valence-corrected chi connectivity index (χ0v) is 13.4. The standard InChI is InChI=1S/C17H18F3NS/c1-4-5-6-14-15(11(2)3)21-16(22-14)12-7-9-13(10-8-12)17(18,19)20/h4,7-11H,1,5-6H2,2-3H3. The first-order chi connectivity index (χ1) is 10.3. The first-order valence-electron chi connectivity index (χ1n) is 7.11. The van der Waals surface area contributed by atoms with E-state index >= 15 is 0 Å². The maximum atomic E-state index is 12.6. The van der Waals surface area contributed by atoms with Crippen LogP contribution in [0.3, 0.4) is 0 Å². The van der Waals surface area contributed by atoms with Crippen molar-refractivity contribution >= 4 is 11.3 Å². The minimum Gasteiger partial charge on any atom is -0.241 e. The Hall–Kier alpha value is -1.62. The number of alkyl halides is 3. The van der Waals surface area contributed by atoms with E-state index in [1.54, 1.807) is 11.3 Å². The highest BCUT2D eigenvalue weighted by Crippen LogP contribution is 2.35. The van der Waals surface area contributed by atoms with E-state index in [1.165, 1.54) is 17.0 Å². The van der Waals surface area contributed by atoms with Gasteiger partial charge < -0.3 is 0 Å². The Balaban J connectivity index is 2.34. The fourth-order valence-corrected chi connectivity index (χ4v) is 3.39. The number of halogens is 3. The molecule has 1 aromatic carbocycles. The third kappa shape index (κ3) is 3.77. The van der Waals surface area contributed by atoms with E-state index in [9.17, 15) is 13.2 Å². The summed E-state index contributed by atoms with van der Waals surface area (Å²) in [5.41, 5.74) is 1.12. The Morgan fingerprint density at radius 3 is 2.36 bits per heavy atom. The van der Waals surface area contributed by atoms with Crippen molar-refractivity contribution in [1.29, 1.82) is 0 Å². The van der Waals surface area contributed by atoms with E-state index in [4.69, 9.17) is 0 Å². The fourth-order valence-electron chi connectivity index (χ4n) is 2.15. The van der Waals surface area contributed by atoms with E-state index in [0.717, 1.165) is 41.2 Å². The second-order valence-corrected chi connectivity index (χ2v) is 6.47. The number of hydrogen-bond donors (Lipinski definition) is 0. The first-order valence-corrected chi connectivity index (χ1v) is 7.92. The highest BCUT2D eigenvalue weighted by Gasteiger charge is 2.30. The molecular formula is C17H18F3NS. The number of thiazole rings is 1. The van der Waals surface area contributed by atoms with E-state index in [-0.39, 0.29) is 0 Å². The normalized spacial score (nSPS) is 11.9. The number of rotatable bonds is 5. The molecule has 0 saturated heterocycles. The number of allylic oxidation sites excluding steroid dienone is 1. The molecular weight excluding hydrogens is 307 g/mol. The smallest absolute Gasteiger partial charge is 0.241 e. The molecule has 0 bridgehead atoms. The molecule has 0 spiro atoms. The molecule has 0 amide bonds. The zero-order valence-electron chi connectivity index (χ0n) is 12.6. The molecule has 0 radical (unpaired) electrons. The SMILES string of the molecule is C=CCCc1sc(-c2ccc(C(F)(F)F)cc2)nc1C(C)C. The average Bonchev–Trinajstić information content (AvgIpc) is 2.88. The van der Waals surface area contributed by atoms with Crippen molar-refractivity contribution in [2.75, 3.05) is 0 Å². The van der Waals surface area contributed by atoms with Crippen LogP contribution >= 0.6 is 11.3 Å². The predicted octanol–water partition coefficient (Wildman–Crippen LogP) is 6.07. The van der Waals surface area contributed by atoms with Crippen LogP contribution in [-0.4, -0.2) is 4.98 Å². The van der Waals surface area contributed by atoms with E-state index in [0.29, 0.717) is 5.92 Å². The molecule has 22 heavy (non-hydrogen) atoms. The van der Waals surface area contributed by atoms with E-state index in [2.05, 4.69) is 25.4 Å². The highest BCUT2D eigenvalue weighted by molar-refractivity contribution is 7.15. The van der Waals surface area contributed by atoms with Crippen LogP contribution in [0.25, 0.3) is 10.6 Å². The molecule has 0 unspecified atom stereocenters. The second-order valence-electron chi connectivity index (χ2n) is 5.38. The predicted molar refractivity (Wildman–Crippen MR) is 85.2 cm³/mol. The Kier molecular flexibility index (Phi) is 5.06. The molecule has 0 fully saturated rings. The summed E-state index contributed by atoms with van der Waals surface area (Å²) >= 11 is 1.55. The van der Waals surface area contributed by atoms with Crippen LogP contribution in [-0.2, 0) is 12.6 Å². The molecule has 2 rings (SSSR count). The van der Waals surface area contributed by atoms with Crippen molar-refractivity contribution in [3.05, 3.63) is 53.1 Å². The fraction of sp³-hybridized carbons (Fsp3) is 0.353. The van der Waals surface area contributed by atoms with Crippen molar-refractivity contribution in [3.63, 3.8) is 0 Å². The van der Waals surface area contributed by atoms with Gasteiger partial charge >= 0.3 is 6.18 Å². The van der Waals surface area contributed by atoms with Crippen LogP contribution < -0.4 is 0 Å². The van der Waals surface area contributed by atoms with Gasteiger partial charge in [-0.1, -0.05) is 32.1 Å². The van der Waals surface area contributed by atoms with Gasteiger partial charge in [0.2, 0.25) is 0 Å². The van der Waals surface area contributed by atoms with Gasteiger partial charge in [-0.25, -0.2) is 4.98 Å². The molecule has 0 saturated carbocycles. The zero-order chi connectivity index (χ0) is 16.3. The maximum Gasteiger partial charge on any atom is 0.416 e. The average molecular weight is 325 g/mol. The molecule has 1 aromatic heterocycles. The summed E-state index contributed by atoms with van der Waals surface area (Å²) in [7, 11) is 0. The molecule has 0 aliphatic heterocycles. The van der Waals surface area contributed by atoms with Crippen LogP contribution in [0.15, 0.2) is 36.9 Å². The van der Waals surface area contributed by atoms with Gasteiger partial charge in [0.1, 0.15) is 5.01 Å². The summed E-state index contributed by atoms with van der Waals surface area (Å²) in [4.78, 5) is 5.81. The lowest BCUT2D eigenvalue weighted by molar-refractivity contribution is -0.137. The molecule has 1 heterocycles. The number of benzene rings is 1. The van der Waals surface area contributed by atoms with Gasteiger partial charge in [0, 0.05) is 10.4 Å². The van der Waals surface area contributed by atoms with Gasteiger partial charge in [-0.2, -0.15) is 13.2 Å². The first kappa shape index (κ1) is 16.7. The van der Waals surface area contributed by atoms with Crippen molar-refractivity contribution in [3.8, 4) is 10.6 Å². The van der Waals surface area contributed by atoms with Crippen LogP contribution in [0.1, 0.15) is 42.3 Å². The third-order valence-electron chi connectivity index (χ3n) is 3.31. The Labute approximate surface area is 132 Å². The molecule has 0 N–H and O–H groups in total. The van der Waals surface area contributed by atoms with Crippen LogP contribution in [0, 0.1) is 0 Å². The Bertz CT molecular complexity index is 639. The van der Waals surface area contributed by atoms with Crippen LogP contribution in [0.5, 0.6) is 0 Å². The molecule has 1 nitrogen and oxygen atoms in total. The minimum atomic E-state index is -4.31. The Morgan fingerprint density at radius 1 is 1.23 bits per heavy atom. The summed E-state index contributed by atoms with van der Waals surface area (Å²) in [5, 5.41) is 0.775. The van der Waals surface area contributed by atoms with Crippen LogP contribution in [0.2, 0.25) is 0 Å². The van der Waals surface area contributed by atoms with E-state index < -0.39 is 11.7 Å². The van der Waals surface area contributed by atoms with Gasteiger partial charge in [-0.15, -0.1) is 17.9 Å². The lowest BCUT2D eigenvalue weighted by Gasteiger charge is -2.06. The van der Waals surface area contributed by atoms with Gasteiger partial charge in [0.25, 0.3) is 0 Å². The topological polar surface area (TPSA) is 12.9 Å². The minimum absolute atomic E-state index is 0.291. The maximum absolute atomic E-state index is 12.6. The van der Waals surface area contributed by atoms with Crippen molar-refractivity contribution in [1.82, 2.24) is 4.98 Å². The summed E-state index contributed by atoms with van der Waals surface area (Å²) in [6.07, 6.45) is -0.703. The monoisotopic (exact) mass is 325 g/mol. The quantitative estimate of drug-likeness (QED) is 0.608. The molecule has 0 atom stereocenters. The largest absolute Gasteiger partial charge is 0.416 e. The van der Waals surface area contributed by atoms with Gasteiger partial charge in [-0.3, -0.25) is 0 Å². The molecule has 2 aromatic rings. The lowest BCUT2D eigenvalue weighted by Crippen LogP contribution is -2.03. The van der Waals surface area contributed by atoms with Gasteiger partial charge in [-0.05, 0) is 30.9 Å². The van der Waals surface area contributed by atoms with Gasteiger partial charge in [0.15, 0.2) is 0 Å². The highest BCUT2D eigenvalue weighted by atomic mass is 32.1. The summed E-state index contributed by atoms with van der Waals surface area (Å²) in [6, 6.07) is 5.19. The Morgan fingerprint density at radius 2 is 1.86 bits per heavy atom. The van der Waals surface area contributed by atoms with Crippen molar-refractivity contribution < 1.29 is 13.2 Å². The van der Waals surface area contributed by atoms with Gasteiger partial charge in [0.05, 0.1) is 11.3 Å². The molecule has 5 heteroatoms. The molecule has 118 valence electrons. The number of nitrogens with zero attached hydrogens (tertiary/aromatic N) is 1. The third-order valence-corrected chi connectivity index (χ3v) is 4.49. The van der Waals surface area contributed by atoms with E-state index in [1.807, 2.05) is 6.08 Å². The van der Waals surface area contributed by atoms with Crippen LogP contribution in [0.4, 0.5) is 13.2 Å². The van der Waals surface area contributed by atoms with Crippen molar-refractivity contribution in [2.45, 2.75) is 38.8 Å². The number of hydrogen-bond acceptors (Lipinski definition) is 2. The number of aromatic nitrogens is 1. The van der Waals surface area contributed by atoms with Crippen molar-refractivity contribution in [2.24, 2.45) is 0 Å². The summed E-state index contributed by atoms with van der Waals surface area (Å²) in [5.74, 6) is 0.291.